The lowest BCUT2D eigenvalue weighted by Gasteiger charge is -2.14. The highest BCUT2D eigenvalue weighted by atomic mass is 35.5. The van der Waals surface area contributed by atoms with Crippen molar-refractivity contribution in [2.75, 3.05) is 12.9 Å². The van der Waals surface area contributed by atoms with Crippen LogP contribution in [-0.2, 0) is 9.53 Å². The van der Waals surface area contributed by atoms with Gasteiger partial charge in [-0.05, 0) is 55.1 Å². The molecule has 1 N–H and O–H groups in total. The molecule has 0 fully saturated rings. The number of hydrogen-bond acceptors (Lipinski definition) is 4. The van der Waals surface area contributed by atoms with E-state index in [0.717, 1.165) is 10.5 Å². The summed E-state index contributed by atoms with van der Waals surface area (Å²) >= 11 is 7.43. The molecule has 2 aromatic rings. The zero-order valence-corrected chi connectivity index (χ0v) is 15.0. The van der Waals surface area contributed by atoms with Crippen molar-refractivity contribution in [1.29, 1.82) is 0 Å². The number of hydrogen-bond donors (Lipinski definition) is 1. The Morgan fingerprint density at radius 2 is 1.75 bits per heavy atom. The first kappa shape index (κ1) is 18.4. The van der Waals surface area contributed by atoms with Crippen molar-refractivity contribution in [3.63, 3.8) is 0 Å². The number of nitrogens with one attached hydrogen (secondary N) is 1. The predicted molar refractivity (Wildman–Crippen MR) is 96.5 cm³/mol. The minimum absolute atomic E-state index is 0.200. The highest BCUT2D eigenvalue weighted by Crippen LogP contribution is 2.16. The molecule has 4 nitrogen and oxygen atoms in total. The van der Waals surface area contributed by atoms with Crippen molar-refractivity contribution in [3.8, 4) is 0 Å². The summed E-state index contributed by atoms with van der Waals surface area (Å²) in [5.41, 5.74) is 1.35. The van der Waals surface area contributed by atoms with Gasteiger partial charge in [-0.2, -0.15) is 0 Å². The smallest absolute Gasteiger partial charge is 0.338 e. The minimum Gasteiger partial charge on any atom is -0.452 e. The Morgan fingerprint density at radius 1 is 1.12 bits per heavy atom. The molecular weight excluding hydrogens is 346 g/mol. The fourth-order valence-corrected chi connectivity index (χ4v) is 2.59. The maximum absolute atomic E-state index is 11.9. The zero-order chi connectivity index (χ0) is 17.5. The molecule has 0 aliphatic heterocycles. The highest BCUT2D eigenvalue weighted by Gasteiger charge is 2.13. The number of halogens is 1. The first-order valence-electron chi connectivity index (χ1n) is 7.35. The molecule has 0 aromatic heterocycles. The highest BCUT2D eigenvalue weighted by molar-refractivity contribution is 7.98. The Bertz CT molecular complexity index is 701. The summed E-state index contributed by atoms with van der Waals surface area (Å²) in [4.78, 5) is 24.9. The van der Waals surface area contributed by atoms with Crippen LogP contribution in [0, 0.1) is 0 Å². The van der Waals surface area contributed by atoms with Crippen molar-refractivity contribution in [2.45, 2.75) is 17.9 Å². The molecule has 0 aliphatic carbocycles. The van der Waals surface area contributed by atoms with Crippen molar-refractivity contribution in [2.24, 2.45) is 0 Å². The summed E-state index contributed by atoms with van der Waals surface area (Å²) in [5.74, 6) is -0.872. The molecule has 6 heteroatoms. The molecule has 2 rings (SSSR count). The van der Waals surface area contributed by atoms with Gasteiger partial charge >= 0.3 is 5.97 Å². The SMILES string of the molecule is CSc1ccc(C(=O)OCC(=O)N[C@H](C)c2ccc(Cl)cc2)cc1. The third kappa shape index (κ3) is 5.28. The monoisotopic (exact) mass is 363 g/mol. The molecule has 0 heterocycles. The van der Waals surface area contributed by atoms with Gasteiger partial charge in [-0.1, -0.05) is 23.7 Å². The Kier molecular flexibility index (Phi) is 6.70. The van der Waals surface area contributed by atoms with E-state index in [1.807, 2.05) is 37.4 Å². The van der Waals surface area contributed by atoms with E-state index in [1.165, 1.54) is 0 Å². The summed E-state index contributed by atoms with van der Waals surface area (Å²) in [6.07, 6.45) is 1.96. The van der Waals surface area contributed by atoms with Gasteiger partial charge in [0.05, 0.1) is 11.6 Å². The number of thioether (sulfide) groups is 1. The number of carbonyl (C=O) groups excluding carboxylic acids is 2. The predicted octanol–water partition coefficient (Wildman–Crippen LogP) is 4.10. The number of ether oxygens (including phenoxy) is 1. The molecule has 0 saturated heterocycles. The largest absolute Gasteiger partial charge is 0.452 e. The Hall–Kier alpha value is -1.98. The second-order valence-electron chi connectivity index (χ2n) is 5.15. The molecule has 1 atom stereocenters. The second kappa shape index (κ2) is 8.76. The molecule has 2 aromatic carbocycles. The standard InChI is InChI=1S/C18H18ClNO3S/c1-12(13-3-7-15(19)8-4-13)20-17(21)11-23-18(22)14-5-9-16(24-2)10-6-14/h3-10,12H,11H2,1-2H3,(H,20,21)/t12-/m1/s1. The molecule has 0 radical (unpaired) electrons. The van der Waals surface area contributed by atoms with Crippen LogP contribution in [0.5, 0.6) is 0 Å². The molecule has 0 bridgehead atoms. The van der Waals surface area contributed by atoms with Crippen molar-refractivity contribution in [3.05, 3.63) is 64.7 Å². The van der Waals surface area contributed by atoms with Crippen molar-refractivity contribution < 1.29 is 14.3 Å². The Balaban J connectivity index is 1.83. The summed E-state index contributed by atoms with van der Waals surface area (Å²) < 4.78 is 5.04. The zero-order valence-electron chi connectivity index (χ0n) is 13.4. The third-order valence-corrected chi connectivity index (χ3v) is 4.40. The third-order valence-electron chi connectivity index (χ3n) is 3.41. The van der Waals surface area contributed by atoms with E-state index in [-0.39, 0.29) is 18.6 Å². The van der Waals surface area contributed by atoms with Crippen LogP contribution < -0.4 is 5.32 Å². The van der Waals surface area contributed by atoms with Crippen LogP contribution in [0.2, 0.25) is 5.02 Å². The van der Waals surface area contributed by atoms with E-state index in [0.29, 0.717) is 10.6 Å². The Labute approximate surface area is 150 Å². The van der Waals surface area contributed by atoms with Gasteiger partial charge in [0.1, 0.15) is 0 Å². The van der Waals surface area contributed by atoms with Crippen molar-refractivity contribution in [1.82, 2.24) is 5.32 Å². The molecule has 0 aliphatic rings. The molecule has 126 valence electrons. The lowest BCUT2D eigenvalue weighted by molar-refractivity contribution is -0.124. The molecule has 0 saturated carbocycles. The van der Waals surface area contributed by atoms with Gasteiger partial charge in [0.25, 0.3) is 5.91 Å². The number of rotatable bonds is 6. The van der Waals surface area contributed by atoms with Crippen LogP contribution in [0.3, 0.4) is 0 Å². The maximum Gasteiger partial charge on any atom is 0.338 e. The first-order valence-corrected chi connectivity index (χ1v) is 8.96. The van der Waals surface area contributed by atoms with Crippen LogP contribution in [0.15, 0.2) is 53.4 Å². The van der Waals surface area contributed by atoms with Crippen LogP contribution in [-0.4, -0.2) is 24.7 Å². The van der Waals surface area contributed by atoms with E-state index in [2.05, 4.69) is 5.32 Å². The van der Waals surface area contributed by atoms with Crippen molar-refractivity contribution >= 4 is 35.2 Å². The molecule has 0 spiro atoms. The maximum atomic E-state index is 11.9. The van der Waals surface area contributed by atoms with Gasteiger partial charge in [-0.15, -0.1) is 11.8 Å². The molecule has 0 unspecified atom stereocenters. The van der Waals surface area contributed by atoms with E-state index in [1.54, 1.807) is 36.0 Å². The van der Waals surface area contributed by atoms with Crippen LogP contribution in [0.1, 0.15) is 28.9 Å². The van der Waals surface area contributed by atoms with Crippen LogP contribution in [0.25, 0.3) is 0 Å². The van der Waals surface area contributed by atoms with Gasteiger partial charge in [0.2, 0.25) is 0 Å². The molecule has 1 amide bonds. The van der Waals surface area contributed by atoms with E-state index >= 15 is 0 Å². The molecule has 24 heavy (non-hydrogen) atoms. The molecular formula is C18H18ClNO3S. The number of esters is 1. The Morgan fingerprint density at radius 3 is 2.33 bits per heavy atom. The summed E-state index contributed by atoms with van der Waals surface area (Å²) in [7, 11) is 0. The number of carbonyl (C=O) groups is 2. The van der Waals surface area contributed by atoms with Gasteiger partial charge in [-0.25, -0.2) is 4.79 Å². The van der Waals surface area contributed by atoms with Crippen LogP contribution >= 0.6 is 23.4 Å². The fraction of sp³-hybridized carbons (Fsp3) is 0.222. The first-order chi connectivity index (χ1) is 11.5. The second-order valence-corrected chi connectivity index (χ2v) is 6.46. The lowest BCUT2D eigenvalue weighted by atomic mass is 10.1. The number of benzene rings is 2. The topological polar surface area (TPSA) is 55.4 Å². The van der Waals surface area contributed by atoms with Crippen LogP contribution in [0.4, 0.5) is 0 Å². The number of amides is 1. The van der Waals surface area contributed by atoms with E-state index in [4.69, 9.17) is 16.3 Å². The fourth-order valence-electron chi connectivity index (χ4n) is 2.06. The summed E-state index contributed by atoms with van der Waals surface area (Å²) in [6, 6.07) is 14.0. The average Bonchev–Trinajstić information content (AvgIpc) is 2.60. The normalized spacial score (nSPS) is 11.6. The lowest BCUT2D eigenvalue weighted by Crippen LogP contribution is -2.31. The van der Waals surface area contributed by atoms with E-state index in [9.17, 15) is 9.59 Å². The summed E-state index contributed by atoms with van der Waals surface area (Å²) in [6.45, 7) is 1.53. The minimum atomic E-state index is -0.517. The van der Waals surface area contributed by atoms with Gasteiger partial charge in [-0.3, -0.25) is 4.79 Å². The van der Waals surface area contributed by atoms with Gasteiger partial charge in [0, 0.05) is 9.92 Å². The quantitative estimate of drug-likeness (QED) is 0.620. The van der Waals surface area contributed by atoms with E-state index < -0.39 is 5.97 Å². The average molecular weight is 364 g/mol. The van der Waals surface area contributed by atoms with Gasteiger partial charge < -0.3 is 10.1 Å². The van der Waals surface area contributed by atoms with Gasteiger partial charge in [0.15, 0.2) is 6.61 Å². The summed E-state index contributed by atoms with van der Waals surface area (Å²) in [5, 5.41) is 3.42.